The van der Waals surface area contributed by atoms with Crippen LogP contribution >= 0.6 is 7.82 Å². The van der Waals surface area contributed by atoms with Crippen LogP contribution in [-0.2, 0) is 15.8 Å². The van der Waals surface area contributed by atoms with E-state index in [1.807, 2.05) is 0 Å². The Balaban J connectivity index is 2.86. The Morgan fingerprint density at radius 2 is 2.06 bits per heavy atom. The van der Waals surface area contributed by atoms with E-state index in [1.165, 1.54) is 12.1 Å². The lowest BCUT2D eigenvalue weighted by Crippen LogP contribution is -2.38. The monoisotopic (exact) mass is 276 g/mol. The summed E-state index contributed by atoms with van der Waals surface area (Å²) in [6.45, 7) is 0. The van der Waals surface area contributed by atoms with Gasteiger partial charge in [0.15, 0.2) is 11.5 Å². The number of carbonyl (C=O) groups excluding carboxylic acids is 1. The number of phosphoric ester groups is 1. The van der Waals surface area contributed by atoms with Gasteiger partial charge in [-0.2, -0.15) is 0 Å². The highest BCUT2D eigenvalue weighted by Gasteiger charge is 2.19. The van der Waals surface area contributed by atoms with Crippen LogP contribution in [0.2, 0.25) is 0 Å². The fourth-order valence-corrected chi connectivity index (χ4v) is 1.66. The maximum Gasteiger partial charge on any atom is 0.524 e. The highest BCUT2D eigenvalue weighted by Crippen LogP contribution is 2.41. The summed E-state index contributed by atoms with van der Waals surface area (Å²) in [7, 11) is -4.73. The molecule has 0 bridgehead atoms. The lowest BCUT2D eigenvalue weighted by molar-refractivity contribution is -0.119. The minimum absolute atomic E-state index is 0.0963. The first-order valence-electron chi connectivity index (χ1n) is 4.81. The van der Waals surface area contributed by atoms with Crippen LogP contribution in [0.15, 0.2) is 18.2 Å². The highest BCUT2D eigenvalue weighted by molar-refractivity contribution is 7.46. The molecule has 1 aromatic rings. The van der Waals surface area contributed by atoms with Crippen molar-refractivity contribution in [2.45, 2.75) is 12.5 Å². The number of hydrogen-bond acceptors (Lipinski definition) is 5. The average Bonchev–Trinajstić information content (AvgIpc) is 2.20. The first-order chi connectivity index (χ1) is 8.19. The fraction of sp³-hybridized carbons (Fsp3) is 0.222. The SMILES string of the molecule is NC(=O)[C@@H](N)Cc1ccc(OP(=O)(O)O)c(O)c1. The largest absolute Gasteiger partial charge is 0.524 e. The van der Waals surface area contributed by atoms with Crippen molar-refractivity contribution in [2.24, 2.45) is 11.5 Å². The van der Waals surface area contributed by atoms with Gasteiger partial charge >= 0.3 is 7.82 Å². The van der Waals surface area contributed by atoms with Crippen LogP contribution in [0.3, 0.4) is 0 Å². The molecule has 0 spiro atoms. The summed E-state index contributed by atoms with van der Waals surface area (Å²) in [5.74, 6) is -1.52. The van der Waals surface area contributed by atoms with E-state index in [0.29, 0.717) is 5.56 Å². The number of phenolic OH excluding ortho intramolecular Hbond substituents is 1. The third-order valence-electron chi connectivity index (χ3n) is 2.06. The molecule has 0 aliphatic rings. The standard InChI is InChI=1S/C9H13N2O6P/c10-6(9(11)13)3-5-1-2-8(7(12)4-5)17-18(14,15)16/h1-2,4,6,12H,3,10H2,(H2,11,13)(H2,14,15,16)/t6-/m0/s1. The molecular formula is C9H13N2O6P. The Kier molecular flexibility index (Phi) is 4.31. The van der Waals surface area contributed by atoms with Crippen molar-refractivity contribution >= 4 is 13.7 Å². The van der Waals surface area contributed by atoms with Gasteiger partial charge in [0.2, 0.25) is 5.91 Å². The molecule has 0 radical (unpaired) electrons. The molecule has 0 aromatic heterocycles. The maximum absolute atomic E-state index is 10.8. The topological polar surface area (TPSA) is 156 Å². The molecule has 0 saturated heterocycles. The molecule has 0 fully saturated rings. The first-order valence-corrected chi connectivity index (χ1v) is 6.34. The number of aromatic hydroxyl groups is 1. The Labute approximate surface area is 102 Å². The summed E-state index contributed by atoms with van der Waals surface area (Å²) < 4.78 is 14.8. The number of phenols is 1. The first kappa shape index (κ1) is 14.5. The van der Waals surface area contributed by atoms with Crippen LogP contribution in [0.5, 0.6) is 11.5 Å². The molecular weight excluding hydrogens is 263 g/mol. The predicted octanol–water partition coefficient (Wildman–Crippen LogP) is -0.781. The fourth-order valence-electron chi connectivity index (χ4n) is 1.25. The van der Waals surface area contributed by atoms with Crippen molar-refractivity contribution in [1.29, 1.82) is 0 Å². The van der Waals surface area contributed by atoms with Gasteiger partial charge in [0, 0.05) is 0 Å². The summed E-state index contributed by atoms with van der Waals surface area (Å²) in [5.41, 5.74) is 10.9. The zero-order chi connectivity index (χ0) is 13.9. The van der Waals surface area contributed by atoms with E-state index in [2.05, 4.69) is 4.52 Å². The normalized spacial score (nSPS) is 13.1. The van der Waals surface area contributed by atoms with Crippen molar-refractivity contribution in [3.63, 3.8) is 0 Å². The van der Waals surface area contributed by atoms with Gasteiger partial charge in [-0.05, 0) is 24.1 Å². The molecule has 0 saturated carbocycles. The summed E-state index contributed by atoms with van der Waals surface area (Å²) >= 11 is 0. The minimum Gasteiger partial charge on any atom is -0.504 e. The lowest BCUT2D eigenvalue weighted by Gasteiger charge is -2.11. The van der Waals surface area contributed by atoms with Crippen molar-refractivity contribution in [2.75, 3.05) is 0 Å². The van der Waals surface area contributed by atoms with E-state index in [4.69, 9.17) is 21.3 Å². The van der Waals surface area contributed by atoms with Crippen LogP contribution < -0.4 is 16.0 Å². The maximum atomic E-state index is 10.8. The molecule has 0 heterocycles. The van der Waals surface area contributed by atoms with Gasteiger partial charge in [-0.15, -0.1) is 0 Å². The Morgan fingerprint density at radius 3 is 2.50 bits per heavy atom. The molecule has 18 heavy (non-hydrogen) atoms. The van der Waals surface area contributed by atoms with Crippen LogP contribution in [0.25, 0.3) is 0 Å². The quantitative estimate of drug-likeness (QED) is 0.441. The van der Waals surface area contributed by atoms with E-state index >= 15 is 0 Å². The lowest BCUT2D eigenvalue weighted by atomic mass is 10.1. The number of amides is 1. The molecule has 1 aromatic carbocycles. The third kappa shape index (κ3) is 4.34. The van der Waals surface area contributed by atoms with Gasteiger partial charge in [0.25, 0.3) is 0 Å². The molecule has 0 unspecified atom stereocenters. The second kappa shape index (κ2) is 5.36. The molecule has 0 aliphatic heterocycles. The molecule has 100 valence electrons. The zero-order valence-corrected chi connectivity index (χ0v) is 10.1. The number of carbonyl (C=O) groups is 1. The Bertz CT molecular complexity index is 500. The average molecular weight is 276 g/mol. The number of hydrogen-bond donors (Lipinski definition) is 5. The highest BCUT2D eigenvalue weighted by atomic mass is 31.2. The van der Waals surface area contributed by atoms with E-state index in [9.17, 15) is 14.5 Å². The van der Waals surface area contributed by atoms with Crippen molar-refractivity contribution in [3.8, 4) is 11.5 Å². The van der Waals surface area contributed by atoms with Gasteiger partial charge < -0.3 is 21.1 Å². The zero-order valence-electron chi connectivity index (χ0n) is 9.18. The number of primary amides is 1. The summed E-state index contributed by atoms with van der Waals surface area (Å²) in [4.78, 5) is 27.9. The molecule has 0 aliphatic carbocycles. The predicted molar refractivity (Wildman–Crippen MR) is 61.7 cm³/mol. The van der Waals surface area contributed by atoms with Gasteiger partial charge in [-0.25, -0.2) is 4.57 Å². The Morgan fingerprint density at radius 1 is 1.44 bits per heavy atom. The molecule has 1 atom stereocenters. The second-order valence-electron chi connectivity index (χ2n) is 3.60. The van der Waals surface area contributed by atoms with Crippen LogP contribution in [0, 0.1) is 0 Å². The van der Waals surface area contributed by atoms with Gasteiger partial charge in [0.1, 0.15) is 0 Å². The molecule has 8 nitrogen and oxygen atoms in total. The molecule has 9 heteroatoms. The van der Waals surface area contributed by atoms with Crippen molar-refractivity contribution in [1.82, 2.24) is 0 Å². The second-order valence-corrected chi connectivity index (χ2v) is 4.76. The van der Waals surface area contributed by atoms with Crippen molar-refractivity contribution < 1.29 is 28.8 Å². The smallest absolute Gasteiger partial charge is 0.504 e. The van der Waals surface area contributed by atoms with Crippen LogP contribution in [0.1, 0.15) is 5.56 Å². The van der Waals surface area contributed by atoms with Crippen molar-refractivity contribution in [3.05, 3.63) is 23.8 Å². The summed E-state index contributed by atoms with van der Waals surface area (Å²) in [6, 6.07) is 2.86. The molecule has 7 N–H and O–H groups in total. The number of phosphoric acid groups is 1. The summed E-state index contributed by atoms with van der Waals surface area (Å²) in [5, 5.41) is 9.48. The van der Waals surface area contributed by atoms with Crippen LogP contribution in [0.4, 0.5) is 0 Å². The molecule has 1 rings (SSSR count). The summed E-state index contributed by atoms with van der Waals surface area (Å²) in [6.07, 6.45) is 0.0963. The molecule has 1 amide bonds. The van der Waals surface area contributed by atoms with Crippen LogP contribution in [-0.4, -0.2) is 26.8 Å². The number of nitrogens with two attached hydrogens (primary N) is 2. The minimum atomic E-state index is -4.73. The van der Waals surface area contributed by atoms with Gasteiger partial charge in [-0.1, -0.05) is 6.07 Å². The third-order valence-corrected chi connectivity index (χ3v) is 2.50. The number of benzene rings is 1. The Hall–Kier alpha value is -1.60. The van der Waals surface area contributed by atoms with E-state index in [0.717, 1.165) is 6.07 Å². The van der Waals surface area contributed by atoms with E-state index < -0.39 is 25.5 Å². The number of rotatable bonds is 5. The van der Waals surface area contributed by atoms with E-state index in [-0.39, 0.29) is 12.2 Å². The van der Waals surface area contributed by atoms with E-state index in [1.54, 1.807) is 0 Å². The van der Waals surface area contributed by atoms with Gasteiger partial charge in [0.05, 0.1) is 6.04 Å². The van der Waals surface area contributed by atoms with Gasteiger partial charge in [-0.3, -0.25) is 14.6 Å².